The Kier molecular flexibility index (Phi) is 5.00. The van der Waals surface area contributed by atoms with E-state index in [0.717, 1.165) is 19.7 Å². The molecule has 0 spiro atoms. The summed E-state index contributed by atoms with van der Waals surface area (Å²) < 4.78 is 7.64. The molecule has 0 fully saturated rings. The van der Waals surface area contributed by atoms with Crippen LogP contribution < -0.4 is 5.32 Å². The van der Waals surface area contributed by atoms with E-state index in [2.05, 4.69) is 54.2 Å². The molecule has 0 radical (unpaired) electrons. The van der Waals surface area contributed by atoms with E-state index in [9.17, 15) is 0 Å². The summed E-state index contributed by atoms with van der Waals surface area (Å²) in [6.07, 6.45) is 2.09. The molecule has 0 aliphatic carbocycles. The summed E-state index contributed by atoms with van der Waals surface area (Å²) >= 11 is 0. The molecule has 2 aromatic rings. The quantitative estimate of drug-likeness (QED) is 0.826. The van der Waals surface area contributed by atoms with Crippen LogP contribution in [0, 0.1) is 5.92 Å². The van der Waals surface area contributed by atoms with Crippen LogP contribution in [0.2, 0.25) is 0 Å². The first-order chi connectivity index (χ1) is 9.20. The lowest BCUT2D eigenvalue weighted by Gasteiger charge is -2.09. The summed E-state index contributed by atoms with van der Waals surface area (Å²) in [5, 5.41) is 4.75. The van der Waals surface area contributed by atoms with E-state index in [1.54, 1.807) is 0 Å². The third kappa shape index (κ3) is 3.82. The third-order valence-corrected chi connectivity index (χ3v) is 3.15. The van der Waals surface area contributed by atoms with E-state index in [4.69, 9.17) is 4.74 Å². The van der Waals surface area contributed by atoms with Gasteiger partial charge in [0.2, 0.25) is 0 Å². The molecule has 104 valence electrons. The van der Waals surface area contributed by atoms with Crippen LogP contribution in [0.25, 0.3) is 10.9 Å². The van der Waals surface area contributed by atoms with Crippen LogP contribution in [0.4, 0.5) is 0 Å². The first-order valence-corrected chi connectivity index (χ1v) is 7.07. The number of aromatic nitrogens is 1. The Balaban J connectivity index is 2.09. The summed E-state index contributed by atoms with van der Waals surface area (Å²) in [6.45, 7) is 9.82. The second kappa shape index (κ2) is 6.73. The van der Waals surface area contributed by atoms with Crippen molar-refractivity contribution in [3.63, 3.8) is 0 Å². The maximum atomic E-state index is 5.49. The lowest BCUT2D eigenvalue weighted by Crippen LogP contribution is -2.18. The maximum Gasteiger partial charge on any atom is 0.122 e. The Morgan fingerprint density at radius 1 is 1.26 bits per heavy atom. The number of benzene rings is 1. The van der Waals surface area contributed by atoms with Gasteiger partial charge in [-0.15, -0.1) is 0 Å². The van der Waals surface area contributed by atoms with Gasteiger partial charge in [0, 0.05) is 19.3 Å². The summed E-state index contributed by atoms with van der Waals surface area (Å²) in [6, 6.07) is 8.77. The van der Waals surface area contributed by atoms with Gasteiger partial charge in [-0.2, -0.15) is 0 Å². The minimum absolute atomic E-state index is 0.628. The monoisotopic (exact) mass is 260 g/mol. The zero-order valence-electron chi connectivity index (χ0n) is 12.1. The topological polar surface area (TPSA) is 26.2 Å². The zero-order chi connectivity index (χ0) is 13.7. The highest BCUT2D eigenvalue weighted by atomic mass is 16.5. The summed E-state index contributed by atoms with van der Waals surface area (Å²) in [4.78, 5) is 0. The molecule has 3 nitrogen and oxygen atoms in total. The Bertz CT molecular complexity index is 516. The van der Waals surface area contributed by atoms with Crippen molar-refractivity contribution in [3.05, 3.63) is 36.0 Å². The van der Waals surface area contributed by atoms with E-state index in [-0.39, 0.29) is 0 Å². The molecule has 0 aliphatic heterocycles. The van der Waals surface area contributed by atoms with Crippen molar-refractivity contribution in [2.24, 2.45) is 5.92 Å². The lowest BCUT2D eigenvalue weighted by molar-refractivity contribution is 0.0909. The molecule has 0 amide bonds. The maximum absolute atomic E-state index is 5.49. The normalized spacial score (nSPS) is 11.6. The van der Waals surface area contributed by atoms with E-state index in [0.29, 0.717) is 12.6 Å². The Labute approximate surface area is 115 Å². The first kappa shape index (κ1) is 14.1. The number of nitrogens with one attached hydrogen (secondary N) is 1. The van der Waals surface area contributed by atoms with E-state index >= 15 is 0 Å². The van der Waals surface area contributed by atoms with Crippen molar-refractivity contribution in [2.45, 2.75) is 34.0 Å². The van der Waals surface area contributed by atoms with Crippen LogP contribution in [0.15, 0.2) is 30.5 Å². The van der Waals surface area contributed by atoms with Gasteiger partial charge in [0.05, 0.1) is 5.52 Å². The van der Waals surface area contributed by atoms with Crippen LogP contribution in [-0.2, 0) is 18.0 Å². The fourth-order valence-electron chi connectivity index (χ4n) is 2.15. The molecule has 3 heteroatoms. The van der Waals surface area contributed by atoms with Crippen molar-refractivity contribution >= 4 is 10.9 Å². The molecule has 1 heterocycles. The van der Waals surface area contributed by atoms with Gasteiger partial charge in [0.15, 0.2) is 0 Å². The fraction of sp³-hybridized carbons (Fsp3) is 0.500. The first-order valence-electron chi connectivity index (χ1n) is 7.07. The summed E-state index contributed by atoms with van der Waals surface area (Å²) in [7, 11) is 0. The molecule has 2 rings (SSSR count). The smallest absolute Gasteiger partial charge is 0.122 e. The van der Waals surface area contributed by atoms with Gasteiger partial charge in [-0.25, -0.2) is 0 Å². The fourth-order valence-corrected chi connectivity index (χ4v) is 2.15. The Morgan fingerprint density at radius 2 is 2.11 bits per heavy atom. The number of fused-ring (bicyclic) bond motifs is 1. The van der Waals surface area contributed by atoms with Crippen LogP contribution in [0.1, 0.15) is 26.3 Å². The average Bonchev–Trinajstić information content (AvgIpc) is 2.78. The van der Waals surface area contributed by atoms with Gasteiger partial charge in [-0.05, 0) is 42.5 Å². The molecule has 0 saturated carbocycles. The van der Waals surface area contributed by atoms with Crippen molar-refractivity contribution in [1.82, 2.24) is 9.88 Å². The van der Waals surface area contributed by atoms with Gasteiger partial charge in [-0.1, -0.05) is 26.0 Å². The number of ether oxygens (including phenoxy) is 1. The predicted molar refractivity (Wildman–Crippen MR) is 80.1 cm³/mol. The highest BCUT2D eigenvalue weighted by Crippen LogP contribution is 2.18. The van der Waals surface area contributed by atoms with Crippen molar-refractivity contribution in [2.75, 3.05) is 13.2 Å². The molecule has 0 unspecified atom stereocenters. The molecule has 0 aliphatic rings. The average molecular weight is 260 g/mol. The SMILES string of the molecule is CCOCn1ccc2ccc(CNCC(C)C)cc21. The second-order valence-electron chi connectivity index (χ2n) is 5.33. The number of rotatable bonds is 7. The largest absolute Gasteiger partial charge is 0.361 e. The highest BCUT2D eigenvalue weighted by Gasteiger charge is 2.02. The standard InChI is InChI=1S/C16H24N2O/c1-4-19-12-18-8-7-15-6-5-14(9-16(15)18)11-17-10-13(2)3/h5-9,13,17H,4,10-12H2,1-3H3. The van der Waals surface area contributed by atoms with Gasteiger partial charge < -0.3 is 14.6 Å². The summed E-state index contributed by atoms with van der Waals surface area (Å²) in [5.74, 6) is 0.686. The molecule has 1 N–H and O–H groups in total. The minimum Gasteiger partial charge on any atom is -0.361 e. The van der Waals surface area contributed by atoms with Crippen molar-refractivity contribution in [1.29, 1.82) is 0 Å². The van der Waals surface area contributed by atoms with Gasteiger partial charge in [0.25, 0.3) is 0 Å². The second-order valence-corrected chi connectivity index (χ2v) is 5.33. The molecular formula is C16H24N2O. The highest BCUT2D eigenvalue weighted by molar-refractivity contribution is 5.80. The molecule has 0 bridgehead atoms. The molecule has 0 atom stereocenters. The Morgan fingerprint density at radius 3 is 2.84 bits per heavy atom. The molecule has 0 saturated heterocycles. The third-order valence-electron chi connectivity index (χ3n) is 3.15. The van der Waals surface area contributed by atoms with Gasteiger partial charge in [0.1, 0.15) is 6.73 Å². The van der Waals surface area contributed by atoms with Crippen LogP contribution in [0.5, 0.6) is 0 Å². The molecule has 1 aromatic heterocycles. The number of hydrogen-bond donors (Lipinski definition) is 1. The van der Waals surface area contributed by atoms with Crippen LogP contribution >= 0.6 is 0 Å². The van der Waals surface area contributed by atoms with E-state index < -0.39 is 0 Å². The number of nitrogens with zero attached hydrogens (tertiary/aromatic N) is 1. The number of hydrogen-bond acceptors (Lipinski definition) is 2. The van der Waals surface area contributed by atoms with Crippen LogP contribution in [0.3, 0.4) is 0 Å². The molecule has 1 aromatic carbocycles. The Hall–Kier alpha value is -1.32. The van der Waals surface area contributed by atoms with Crippen molar-refractivity contribution < 1.29 is 4.74 Å². The van der Waals surface area contributed by atoms with Crippen molar-refractivity contribution in [3.8, 4) is 0 Å². The van der Waals surface area contributed by atoms with Gasteiger partial charge >= 0.3 is 0 Å². The van der Waals surface area contributed by atoms with Crippen LogP contribution in [-0.4, -0.2) is 17.7 Å². The minimum atomic E-state index is 0.628. The zero-order valence-corrected chi connectivity index (χ0v) is 12.1. The van der Waals surface area contributed by atoms with Gasteiger partial charge in [-0.3, -0.25) is 0 Å². The lowest BCUT2D eigenvalue weighted by atomic mass is 10.1. The summed E-state index contributed by atoms with van der Waals surface area (Å²) in [5.41, 5.74) is 2.57. The van der Waals surface area contributed by atoms with E-state index in [1.807, 2.05) is 6.92 Å². The molecule has 19 heavy (non-hydrogen) atoms. The molecular weight excluding hydrogens is 236 g/mol. The van der Waals surface area contributed by atoms with E-state index in [1.165, 1.54) is 16.5 Å². The predicted octanol–water partition coefficient (Wildman–Crippen LogP) is 3.38.